The minimum Gasteiger partial charge on any atom is -0.465 e. The molecular formula is C33H27BO. The summed E-state index contributed by atoms with van der Waals surface area (Å²) < 4.78 is 6.98. The number of hydrogen-bond donors (Lipinski definition) is 0. The first-order valence-electron chi connectivity index (χ1n) is 12.6. The van der Waals surface area contributed by atoms with Gasteiger partial charge in [-0.1, -0.05) is 128 Å². The molecule has 2 aliphatic rings. The smallest absolute Gasteiger partial charge is 0.217 e. The molecule has 1 aliphatic carbocycles. The summed E-state index contributed by atoms with van der Waals surface area (Å²) >= 11 is 0. The van der Waals surface area contributed by atoms with Crippen LogP contribution in [0.5, 0.6) is 0 Å². The molecule has 1 aliphatic heterocycles. The highest BCUT2D eigenvalue weighted by molar-refractivity contribution is 6.88. The van der Waals surface area contributed by atoms with Crippen molar-refractivity contribution in [2.24, 2.45) is 0 Å². The maximum Gasteiger partial charge on any atom is 0.217 e. The van der Waals surface area contributed by atoms with Crippen molar-refractivity contribution < 1.29 is 4.42 Å². The molecule has 0 bridgehead atoms. The lowest BCUT2D eigenvalue weighted by atomic mass is 9.29. The normalized spacial score (nSPS) is 14.6. The Balaban J connectivity index is 1.70. The van der Waals surface area contributed by atoms with Gasteiger partial charge in [0, 0.05) is 5.56 Å². The number of fused-ring (bicyclic) bond motifs is 9. The van der Waals surface area contributed by atoms with Gasteiger partial charge in [-0.05, 0) is 45.8 Å². The van der Waals surface area contributed by atoms with Gasteiger partial charge in [-0.3, -0.25) is 0 Å². The highest BCUT2D eigenvalue weighted by Gasteiger charge is 2.55. The number of furan rings is 1. The van der Waals surface area contributed by atoms with Crippen molar-refractivity contribution in [1.82, 2.24) is 0 Å². The molecule has 2 heterocycles. The first-order chi connectivity index (χ1) is 17.1. The Morgan fingerprint density at radius 1 is 0.657 bits per heavy atom. The number of aryl methyl sites for hydroxylation is 1. The van der Waals surface area contributed by atoms with E-state index in [0.717, 1.165) is 11.5 Å². The van der Waals surface area contributed by atoms with E-state index in [1.807, 2.05) is 0 Å². The van der Waals surface area contributed by atoms with Gasteiger partial charge in [0.15, 0.2) is 0 Å². The number of rotatable bonds is 2. The molecule has 0 unspecified atom stereocenters. The van der Waals surface area contributed by atoms with Crippen LogP contribution in [0.25, 0.3) is 22.3 Å². The van der Waals surface area contributed by atoms with E-state index in [4.69, 9.17) is 4.42 Å². The molecule has 0 radical (unpaired) electrons. The van der Waals surface area contributed by atoms with Crippen molar-refractivity contribution in [3.05, 3.63) is 131 Å². The van der Waals surface area contributed by atoms with Crippen LogP contribution in [0.1, 0.15) is 42.1 Å². The van der Waals surface area contributed by atoms with E-state index >= 15 is 0 Å². The molecule has 1 spiro atoms. The summed E-state index contributed by atoms with van der Waals surface area (Å²) in [7, 11) is 0. The molecule has 4 aromatic carbocycles. The van der Waals surface area contributed by atoms with Crippen LogP contribution >= 0.6 is 0 Å². The monoisotopic (exact) mass is 450 g/mol. The van der Waals surface area contributed by atoms with Crippen molar-refractivity contribution in [3.63, 3.8) is 0 Å². The summed E-state index contributed by atoms with van der Waals surface area (Å²) in [6.07, 6.45) is 0. The first kappa shape index (κ1) is 20.6. The molecule has 1 aromatic heterocycles. The lowest BCUT2D eigenvalue weighted by molar-refractivity contribution is 0.448. The Labute approximate surface area is 207 Å². The zero-order valence-corrected chi connectivity index (χ0v) is 20.4. The van der Waals surface area contributed by atoms with Crippen molar-refractivity contribution in [2.75, 3.05) is 0 Å². The summed E-state index contributed by atoms with van der Waals surface area (Å²) in [4.78, 5) is 0. The summed E-state index contributed by atoms with van der Waals surface area (Å²) in [6.45, 7) is 7.09. The summed E-state index contributed by atoms with van der Waals surface area (Å²) in [5, 5.41) is 0. The largest absolute Gasteiger partial charge is 0.465 e. The molecule has 35 heavy (non-hydrogen) atoms. The van der Waals surface area contributed by atoms with Gasteiger partial charge in [0.05, 0.1) is 0 Å². The standard InChI is InChI=1S/C33H27BO/c1-21(2)34-29-20-12-11-19-28(29)33(26-17-9-7-15-24(26)25-16-8-10-18-27(25)33)32-31(34)30(22(3)35-32)23-13-5-4-6-14-23/h4-21H,1-3H3. The Morgan fingerprint density at radius 2 is 1.20 bits per heavy atom. The average molecular weight is 450 g/mol. The van der Waals surface area contributed by atoms with E-state index in [-0.39, 0.29) is 6.71 Å². The maximum atomic E-state index is 6.98. The highest BCUT2D eigenvalue weighted by Crippen LogP contribution is 2.57. The minimum atomic E-state index is -0.456. The maximum absolute atomic E-state index is 6.98. The van der Waals surface area contributed by atoms with Crippen molar-refractivity contribution >= 4 is 17.6 Å². The summed E-state index contributed by atoms with van der Waals surface area (Å²) in [5.41, 5.74) is 11.4. The summed E-state index contributed by atoms with van der Waals surface area (Å²) in [5.74, 6) is 2.53. The highest BCUT2D eigenvalue weighted by atomic mass is 16.3. The molecule has 168 valence electrons. The molecule has 0 saturated carbocycles. The van der Waals surface area contributed by atoms with E-state index in [0.29, 0.717) is 5.82 Å². The second-order valence-electron chi connectivity index (χ2n) is 10.3. The molecule has 7 rings (SSSR count). The molecule has 0 N–H and O–H groups in total. The van der Waals surface area contributed by atoms with Crippen LogP contribution in [0.15, 0.2) is 108 Å². The third-order valence-electron chi connectivity index (χ3n) is 8.15. The van der Waals surface area contributed by atoms with E-state index in [2.05, 4.69) is 124 Å². The van der Waals surface area contributed by atoms with Crippen LogP contribution in [0, 0.1) is 6.92 Å². The lowest BCUT2D eigenvalue weighted by Crippen LogP contribution is -2.57. The van der Waals surface area contributed by atoms with E-state index in [1.165, 1.54) is 49.9 Å². The SMILES string of the molecule is Cc1oc2c(c1-c1ccccc1)B(C(C)C)c1ccccc1C21c2ccccc2-c2ccccc21. The lowest BCUT2D eigenvalue weighted by Gasteiger charge is -2.40. The average Bonchev–Trinajstić information content (AvgIpc) is 3.38. The van der Waals surface area contributed by atoms with Gasteiger partial charge in [-0.25, -0.2) is 0 Å². The van der Waals surface area contributed by atoms with E-state index in [1.54, 1.807) is 0 Å². The topological polar surface area (TPSA) is 13.1 Å². The van der Waals surface area contributed by atoms with Gasteiger partial charge >= 0.3 is 0 Å². The van der Waals surface area contributed by atoms with Gasteiger partial charge in [-0.15, -0.1) is 0 Å². The van der Waals surface area contributed by atoms with Crippen LogP contribution in [0.3, 0.4) is 0 Å². The predicted octanol–water partition coefficient (Wildman–Crippen LogP) is 6.95. The molecule has 0 amide bonds. The van der Waals surface area contributed by atoms with Crippen LogP contribution in [-0.2, 0) is 5.41 Å². The molecule has 5 aromatic rings. The molecule has 0 fully saturated rings. The molecule has 1 nitrogen and oxygen atoms in total. The Bertz CT molecular complexity index is 1550. The van der Waals surface area contributed by atoms with Gasteiger partial charge in [0.2, 0.25) is 6.71 Å². The Kier molecular flexibility index (Phi) is 4.33. The van der Waals surface area contributed by atoms with Gasteiger partial charge in [-0.2, -0.15) is 0 Å². The summed E-state index contributed by atoms with van der Waals surface area (Å²) in [6, 6.07) is 37.7. The quantitative estimate of drug-likeness (QED) is 0.260. The van der Waals surface area contributed by atoms with E-state index in [9.17, 15) is 0 Å². The fourth-order valence-electron chi connectivity index (χ4n) is 6.95. The van der Waals surface area contributed by atoms with Crippen LogP contribution in [0.4, 0.5) is 0 Å². The molecule has 0 saturated heterocycles. The predicted molar refractivity (Wildman–Crippen MR) is 146 cm³/mol. The Morgan fingerprint density at radius 3 is 1.83 bits per heavy atom. The van der Waals surface area contributed by atoms with Crippen molar-refractivity contribution in [1.29, 1.82) is 0 Å². The van der Waals surface area contributed by atoms with Gasteiger partial charge < -0.3 is 4.42 Å². The van der Waals surface area contributed by atoms with Gasteiger partial charge in [0.25, 0.3) is 0 Å². The van der Waals surface area contributed by atoms with Crippen LogP contribution in [0.2, 0.25) is 5.82 Å². The third kappa shape index (κ3) is 2.55. The second kappa shape index (κ2) is 7.36. The second-order valence-corrected chi connectivity index (χ2v) is 10.3. The minimum absolute atomic E-state index is 0.263. The fraction of sp³-hybridized carbons (Fsp3) is 0.152. The number of hydrogen-bond acceptors (Lipinski definition) is 1. The van der Waals surface area contributed by atoms with Crippen LogP contribution in [-0.4, -0.2) is 6.71 Å². The van der Waals surface area contributed by atoms with Crippen LogP contribution < -0.4 is 10.9 Å². The molecule has 0 atom stereocenters. The number of benzene rings is 4. The van der Waals surface area contributed by atoms with Crippen molar-refractivity contribution in [2.45, 2.75) is 32.0 Å². The first-order valence-corrected chi connectivity index (χ1v) is 12.6. The third-order valence-corrected chi connectivity index (χ3v) is 8.15. The van der Waals surface area contributed by atoms with Crippen molar-refractivity contribution in [3.8, 4) is 22.3 Å². The fourth-order valence-corrected chi connectivity index (χ4v) is 6.95. The Hall–Kier alpha value is -3.78. The zero-order chi connectivity index (χ0) is 23.7. The molecular weight excluding hydrogens is 423 g/mol. The zero-order valence-electron chi connectivity index (χ0n) is 20.4. The van der Waals surface area contributed by atoms with E-state index < -0.39 is 5.41 Å². The van der Waals surface area contributed by atoms with Gasteiger partial charge in [0.1, 0.15) is 16.9 Å². The molecule has 2 heteroatoms.